The Morgan fingerprint density at radius 3 is 1.89 bits per heavy atom. The lowest BCUT2D eigenvalue weighted by Crippen LogP contribution is -2.22. The van der Waals surface area contributed by atoms with Crippen molar-refractivity contribution in [1.29, 1.82) is 0 Å². The molecule has 0 bridgehead atoms. The first-order valence-corrected chi connectivity index (χ1v) is 11.4. The number of allylic oxidation sites excluding steroid dienone is 1. The summed E-state index contributed by atoms with van der Waals surface area (Å²) in [6.07, 6.45) is 15.1. The Bertz CT molecular complexity index is 426. The zero-order valence-electron chi connectivity index (χ0n) is 19.0. The Balaban J connectivity index is 4.29. The molecule has 0 radical (unpaired) electrons. The van der Waals surface area contributed by atoms with E-state index < -0.39 is 5.92 Å². The third kappa shape index (κ3) is 16.8. The van der Waals surface area contributed by atoms with Crippen LogP contribution in [0.4, 0.5) is 0 Å². The molecule has 4 nitrogen and oxygen atoms in total. The third-order valence-electron chi connectivity index (χ3n) is 4.42. The zero-order chi connectivity index (χ0) is 21.2. The van der Waals surface area contributed by atoms with E-state index in [1.54, 1.807) is 0 Å². The molecule has 28 heavy (non-hydrogen) atoms. The third-order valence-corrected chi connectivity index (χ3v) is 4.42. The van der Waals surface area contributed by atoms with E-state index in [9.17, 15) is 9.59 Å². The van der Waals surface area contributed by atoms with Crippen molar-refractivity contribution < 1.29 is 19.1 Å². The fourth-order valence-corrected chi connectivity index (χ4v) is 2.74. The van der Waals surface area contributed by atoms with Gasteiger partial charge in [-0.1, -0.05) is 91.7 Å². The van der Waals surface area contributed by atoms with Gasteiger partial charge in [0, 0.05) is 0 Å². The van der Waals surface area contributed by atoms with Crippen molar-refractivity contribution in [3.63, 3.8) is 0 Å². The first kappa shape index (κ1) is 26.7. The van der Waals surface area contributed by atoms with Crippen molar-refractivity contribution in [2.24, 2.45) is 17.8 Å². The molecule has 0 fully saturated rings. The number of hydrogen-bond donors (Lipinski definition) is 0. The minimum Gasteiger partial charge on any atom is -0.465 e. The molecule has 0 N–H and O–H groups in total. The van der Waals surface area contributed by atoms with Crippen molar-refractivity contribution >= 4 is 11.9 Å². The lowest BCUT2D eigenvalue weighted by molar-refractivity contribution is -0.154. The highest BCUT2D eigenvalue weighted by atomic mass is 16.5. The van der Waals surface area contributed by atoms with Crippen molar-refractivity contribution in [3.05, 3.63) is 12.2 Å². The van der Waals surface area contributed by atoms with Crippen molar-refractivity contribution in [2.45, 2.75) is 98.8 Å². The minimum atomic E-state index is -0.549. The highest BCUT2D eigenvalue weighted by Gasteiger charge is 2.22. The Kier molecular flexibility index (Phi) is 16.9. The molecule has 4 heteroatoms. The molecule has 0 heterocycles. The predicted octanol–water partition coefficient (Wildman–Crippen LogP) is 6.48. The smallest absolute Gasteiger partial charge is 0.313 e. The molecule has 0 aromatic rings. The fourth-order valence-electron chi connectivity index (χ4n) is 2.74. The average molecular weight is 397 g/mol. The largest absolute Gasteiger partial charge is 0.465 e. The van der Waals surface area contributed by atoms with E-state index in [4.69, 9.17) is 9.47 Å². The van der Waals surface area contributed by atoms with E-state index in [0.717, 1.165) is 12.8 Å². The van der Waals surface area contributed by atoms with E-state index in [1.807, 2.05) is 39.8 Å². The molecule has 0 aliphatic heterocycles. The maximum absolute atomic E-state index is 12.3. The Morgan fingerprint density at radius 1 is 0.786 bits per heavy atom. The van der Waals surface area contributed by atoms with Crippen LogP contribution in [0.15, 0.2) is 12.2 Å². The molecule has 0 aromatic carbocycles. The van der Waals surface area contributed by atoms with E-state index in [-0.39, 0.29) is 30.2 Å². The number of hydrogen-bond acceptors (Lipinski definition) is 4. The summed E-state index contributed by atoms with van der Waals surface area (Å²) in [6.45, 7) is 11.0. The van der Waals surface area contributed by atoms with Crippen LogP contribution < -0.4 is 0 Å². The molecule has 0 rings (SSSR count). The van der Waals surface area contributed by atoms with E-state index in [0.29, 0.717) is 13.2 Å². The second-order valence-corrected chi connectivity index (χ2v) is 8.60. The molecule has 1 unspecified atom stereocenters. The first-order chi connectivity index (χ1) is 13.4. The summed E-state index contributed by atoms with van der Waals surface area (Å²) in [6, 6.07) is 0. The molecule has 164 valence electrons. The number of unbranched alkanes of at least 4 members (excludes halogenated alkanes) is 8. The summed E-state index contributed by atoms with van der Waals surface area (Å²) >= 11 is 0. The number of carbonyl (C=O) groups is 2. The van der Waals surface area contributed by atoms with E-state index in [2.05, 4.69) is 6.92 Å². The van der Waals surface area contributed by atoms with Gasteiger partial charge >= 0.3 is 11.9 Å². The molecule has 0 aliphatic rings. The Morgan fingerprint density at radius 2 is 1.32 bits per heavy atom. The van der Waals surface area contributed by atoms with Gasteiger partial charge in [-0.3, -0.25) is 9.59 Å². The molecule has 0 spiro atoms. The van der Waals surface area contributed by atoms with E-state index >= 15 is 0 Å². The van der Waals surface area contributed by atoms with Crippen molar-refractivity contribution in [2.75, 3.05) is 13.2 Å². The topological polar surface area (TPSA) is 52.6 Å². The predicted molar refractivity (Wildman–Crippen MR) is 116 cm³/mol. The molecule has 0 amide bonds. The monoisotopic (exact) mass is 396 g/mol. The molecule has 1 atom stereocenters. The van der Waals surface area contributed by atoms with Crippen LogP contribution in [0.2, 0.25) is 0 Å². The SMILES string of the molecule is CCCCCCCCCCC=CC(CC(=O)OCC(C)C)C(=O)OCC(C)C. The van der Waals surface area contributed by atoms with Gasteiger partial charge < -0.3 is 9.47 Å². The second kappa shape index (κ2) is 17.8. The first-order valence-electron chi connectivity index (χ1n) is 11.4. The molecule has 0 saturated carbocycles. The second-order valence-electron chi connectivity index (χ2n) is 8.60. The quantitative estimate of drug-likeness (QED) is 0.160. The molecule has 0 aromatic heterocycles. The van der Waals surface area contributed by atoms with Gasteiger partial charge in [0.1, 0.15) is 0 Å². The summed E-state index contributed by atoms with van der Waals surface area (Å²) in [5.74, 6) is -0.654. The summed E-state index contributed by atoms with van der Waals surface area (Å²) in [7, 11) is 0. The van der Waals surface area contributed by atoms with Crippen molar-refractivity contribution in [3.8, 4) is 0 Å². The highest BCUT2D eigenvalue weighted by Crippen LogP contribution is 2.14. The Labute approximate surface area is 173 Å². The van der Waals surface area contributed by atoms with E-state index in [1.165, 1.54) is 44.9 Å². The zero-order valence-corrected chi connectivity index (χ0v) is 19.0. The van der Waals surface area contributed by atoms with Crippen LogP contribution in [0.5, 0.6) is 0 Å². The maximum atomic E-state index is 12.3. The number of ether oxygens (including phenoxy) is 2. The van der Waals surface area contributed by atoms with Gasteiger partial charge in [0.2, 0.25) is 0 Å². The molecule has 0 saturated heterocycles. The van der Waals surface area contributed by atoms with Crippen LogP contribution in [0, 0.1) is 17.8 Å². The standard InChI is InChI=1S/C24H44O4/c1-6-7-8-9-10-11-12-13-14-15-16-22(24(26)28-19-21(4)5)17-23(25)27-18-20(2)3/h15-16,20-22H,6-14,17-19H2,1-5H3. The van der Waals surface area contributed by atoms with Gasteiger partial charge in [-0.15, -0.1) is 0 Å². The van der Waals surface area contributed by atoms with Gasteiger partial charge in [-0.2, -0.15) is 0 Å². The number of rotatable bonds is 17. The number of esters is 2. The van der Waals surface area contributed by atoms with Gasteiger partial charge in [-0.25, -0.2) is 0 Å². The lowest BCUT2D eigenvalue weighted by Gasteiger charge is -2.14. The van der Waals surface area contributed by atoms with Crippen LogP contribution >= 0.6 is 0 Å². The van der Waals surface area contributed by atoms with Crippen LogP contribution in [0.1, 0.15) is 98.8 Å². The Hall–Kier alpha value is -1.32. The van der Waals surface area contributed by atoms with Gasteiger partial charge in [0.15, 0.2) is 0 Å². The average Bonchev–Trinajstić information content (AvgIpc) is 2.64. The maximum Gasteiger partial charge on any atom is 0.313 e. The van der Waals surface area contributed by atoms with Gasteiger partial charge in [-0.05, 0) is 24.7 Å². The summed E-state index contributed by atoms with van der Waals surface area (Å²) in [4.78, 5) is 24.4. The van der Waals surface area contributed by atoms with Gasteiger partial charge in [0.25, 0.3) is 0 Å². The van der Waals surface area contributed by atoms with Crippen LogP contribution in [0.3, 0.4) is 0 Å². The van der Waals surface area contributed by atoms with Crippen LogP contribution in [0.25, 0.3) is 0 Å². The molecular formula is C24H44O4. The summed E-state index contributed by atoms with van der Waals surface area (Å²) < 4.78 is 10.6. The van der Waals surface area contributed by atoms with Crippen LogP contribution in [-0.2, 0) is 19.1 Å². The van der Waals surface area contributed by atoms with Crippen LogP contribution in [-0.4, -0.2) is 25.2 Å². The summed E-state index contributed by atoms with van der Waals surface area (Å²) in [5.41, 5.74) is 0. The molecular weight excluding hydrogens is 352 g/mol. The summed E-state index contributed by atoms with van der Waals surface area (Å²) in [5, 5.41) is 0. The number of carbonyl (C=O) groups excluding carboxylic acids is 2. The molecule has 0 aliphatic carbocycles. The fraction of sp³-hybridized carbons (Fsp3) is 0.833. The minimum absolute atomic E-state index is 0.0532. The normalized spacial score (nSPS) is 12.7. The van der Waals surface area contributed by atoms with Gasteiger partial charge in [0.05, 0.1) is 25.6 Å². The highest BCUT2D eigenvalue weighted by molar-refractivity contribution is 5.81. The lowest BCUT2D eigenvalue weighted by atomic mass is 10.0. The van der Waals surface area contributed by atoms with Crippen molar-refractivity contribution in [1.82, 2.24) is 0 Å².